The van der Waals surface area contributed by atoms with E-state index < -0.39 is 113 Å². The van der Waals surface area contributed by atoms with E-state index in [9.17, 15) is 53.4 Å². The van der Waals surface area contributed by atoms with Crippen molar-refractivity contribution in [1.29, 1.82) is 0 Å². The molecule has 6 heterocycles. The Bertz CT molecular complexity index is 3370. The smallest absolute Gasteiger partial charge is 0.329 e. The van der Waals surface area contributed by atoms with E-state index in [1.807, 2.05) is 58.1 Å². The number of anilines is 1. The number of carbonyl (C=O) groups excluding carboxylic acids is 9. The van der Waals surface area contributed by atoms with Crippen molar-refractivity contribution in [2.45, 2.75) is 212 Å². The van der Waals surface area contributed by atoms with Crippen molar-refractivity contribution in [3.8, 4) is 0 Å². The fraction of sp³-hybridized carbons (Fsp3) is 0.667. The van der Waals surface area contributed by atoms with E-state index in [1.165, 1.54) is 18.1 Å². The lowest BCUT2D eigenvalue weighted by molar-refractivity contribution is -0.265. The van der Waals surface area contributed by atoms with Crippen LogP contribution in [0.5, 0.6) is 0 Å². The molecule has 4 fully saturated rings. The maximum Gasteiger partial charge on any atom is 0.329 e. The summed E-state index contributed by atoms with van der Waals surface area (Å²) in [5.41, 5.74) is 2.65. The average molecular weight is 1430 g/mol. The van der Waals surface area contributed by atoms with Crippen LogP contribution in [0.2, 0.25) is 0 Å². The topological polar surface area (TPSA) is 338 Å². The molecule has 2 bridgehead atoms. The summed E-state index contributed by atoms with van der Waals surface area (Å²) in [6.45, 7) is 15.5. The van der Waals surface area contributed by atoms with E-state index in [0.29, 0.717) is 108 Å². The molecule has 2 aromatic rings. The zero-order valence-electron chi connectivity index (χ0n) is 60.9. The predicted octanol–water partition coefficient (Wildman–Crippen LogP) is 6.56. The number of esters is 1. The Balaban J connectivity index is 0.818. The van der Waals surface area contributed by atoms with Crippen LogP contribution in [0.3, 0.4) is 0 Å². The number of aromatic nitrogens is 3. The van der Waals surface area contributed by atoms with E-state index in [4.69, 9.17) is 42.6 Å². The van der Waals surface area contributed by atoms with Crippen molar-refractivity contribution in [2.75, 3.05) is 79.4 Å². The van der Waals surface area contributed by atoms with Crippen molar-refractivity contribution in [1.82, 2.24) is 30.1 Å². The van der Waals surface area contributed by atoms with E-state index in [1.54, 1.807) is 64.1 Å². The van der Waals surface area contributed by atoms with Crippen LogP contribution in [-0.4, -0.2) is 223 Å². The summed E-state index contributed by atoms with van der Waals surface area (Å²) in [5.74, 6) is -10.7. The summed E-state index contributed by atoms with van der Waals surface area (Å²) in [6.07, 6.45) is 13.1. The molecule has 8 rings (SSSR count). The molecule has 16 atom stereocenters. The molecule has 5 amide bonds. The number of nitrogens with one attached hydrogen (secondary N) is 2. The van der Waals surface area contributed by atoms with Gasteiger partial charge >= 0.3 is 5.97 Å². The maximum atomic E-state index is 14.7. The van der Waals surface area contributed by atoms with Gasteiger partial charge in [-0.1, -0.05) is 82.4 Å². The average Bonchev–Trinajstić information content (AvgIpc) is 1.46. The second-order valence-corrected chi connectivity index (χ2v) is 28.3. The SMILES string of the molecule is CO[C@H]1C[C@@H]2CC[C@@H](C)[C@@](O)(O2)C(=O)C(=O)N2CCCC[C@H]2C(=O)OC([C@H](C)C[C@@H]2CC[C@@H](OCCOCc3cn(CCOCCOCCNc4cccc5c4C(=O)N(C4CCC(=O)NC4=O)C5=O)nn3)[C@H](OC)C2)CC(=O)[C@H](C)C=C(C)[C@@H](O)[C@@H](OC)C(=O)[C@H](C)C[C@H](C)/C=C\C=CC=C1C. The number of imide groups is 2. The van der Waals surface area contributed by atoms with Gasteiger partial charge in [0, 0.05) is 77.1 Å². The summed E-state index contributed by atoms with van der Waals surface area (Å²) >= 11 is 0. The van der Waals surface area contributed by atoms with E-state index in [-0.39, 0.29) is 105 Å². The van der Waals surface area contributed by atoms with Crippen LogP contribution in [0.4, 0.5) is 5.69 Å². The van der Waals surface area contributed by atoms with Gasteiger partial charge in [-0.25, -0.2) is 9.48 Å². The van der Waals surface area contributed by atoms with Gasteiger partial charge < -0.3 is 63.1 Å². The van der Waals surface area contributed by atoms with Crippen LogP contribution in [0, 0.1) is 35.5 Å². The number of ether oxygens (including phenoxy) is 9. The monoisotopic (exact) mass is 1430 g/mol. The Morgan fingerprint density at radius 2 is 1.54 bits per heavy atom. The quantitative estimate of drug-likeness (QED) is 0.0301. The third-order valence-electron chi connectivity index (χ3n) is 20.7. The van der Waals surface area contributed by atoms with Crippen molar-refractivity contribution in [2.24, 2.45) is 35.5 Å². The van der Waals surface area contributed by atoms with Crippen LogP contribution in [0.25, 0.3) is 0 Å². The summed E-state index contributed by atoms with van der Waals surface area (Å²) in [7, 11) is 4.58. The van der Waals surface area contributed by atoms with Gasteiger partial charge in [-0.3, -0.25) is 48.6 Å². The first-order valence-corrected chi connectivity index (χ1v) is 36.2. The first kappa shape index (κ1) is 80.6. The second-order valence-electron chi connectivity index (χ2n) is 28.3. The molecule has 1 aliphatic carbocycles. The molecular formula is C75H107N7O20. The number of hydrogen-bond donors (Lipinski definition) is 4. The summed E-state index contributed by atoms with van der Waals surface area (Å²) in [5, 5.41) is 37.5. The van der Waals surface area contributed by atoms with Gasteiger partial charge in [0.05, 0.1) is 94.5 Å². The standard InChI is InChI=1S/C75H107N7O20/c1-45-17-12-11-13-18-46(2)61(94-8)41-54-24-22-51(7)75(93,102-54)69(87)73(91)81-29-15-14-21-58(81)74(92)101-62(42-59(83)47(3)38-50(6)67(86)68(96-10)66(85)49(5)37-45)48(4)39-52-23-26-60(63(40-52)95-9)100-36-35-99-44-53-43-80(79-78-53)30-32-98-34-33-97-31-28-76-56-20-16-19-55-65(56)72(90)82(71(55)89)57-25-27-64(84)77-70(57)88/h11-13,16-20,38,43,45,47-49,51-52,54,57-58,60-63,67-68,76,86,93H,14-15,21-37,39-42,44H2,1-10H3,(H,77,84,88)/b13-11?,17-12-,46-18?,50-38?/t45-,47-,48-,49-,51-,52+,54+,57?,58+,60-,61+,62?,63-,67-,68+,75-/m1/s1. The molecular weight excluding hydrogens is 1320 g/mol. The van der Waals surface area contributed by atoms with Crippen LogP contribution in [0.1, 0.15) is 165 Å². The zero-order chi connectivity index (χ0) is 73.8. The first-order chi connectivity index (χ1) is 48.9. The zero-order valence-corrected chi connectivity index (χ0v) is 60.9. The highest BCUT2D eigenvalue weighted by Gasteiger charge is 2.53. The second kappa shape index (κ2) is 38.6. The van der Waals surface area contributed by atoms with Crippen molar-refractivity contribution in [3.63, 3.8) is 0 Å². The number of aliphatic hydroxyl groups excluding tert-OH is 1. The highest BCUT2D eigenvalue weighted by molar-refractivity contribution is 6.39. The number of piperidine rings is 2. The van der Waals surface area contributed by atoms with E-state index in [0.717, 1.165) is 16.9 Å². The summed E-state index contributed by atoms with van der Waals surface area (Å²) in [6, 6.07) is 2.62. The molecule has 102 heavy (non-hydrogen) atoms. The van der Waals surface area contributed by atoms with Gasteiger partial charge in [0.25, 0.3) is 23.5 Å². The Morgan fingerprint density at radius 3 is 2.28 bits per heavy atom. The van der Waals surface area contributed by atoms with Gasteiger partial charge in [0.1, 0.15) is 41.9 Å². The fourth-order valence-electron chi connectivity index (χ4n) is 14.6. The lowest BCUT2D eigenvalue weighted by Crippen LogP contribution is -2.61. The number of cyclic esters (lactones) is 1. The number of amides is 5. The van der Waals surface area contributed by atoms with Gasteiger partial charge in [-0.2, -0.15) is 0 Å². The van der Waals surface area contributed by atoms with Crippen molar-refractivity contribution < 1.29 is 96.0 Å². The molecule has 27 nitrogen and oxygen atoms in total. The summed E-state index contributed by atoms with van der Waals surface area (Å²) < 4.78 is 55.5. The molecule has 562 valence electrons. The molecule has 1 saturated carbocycles. The number of ketones is 3. The first-order valence-electron chi connectivity index (χ1n) is 36.2. The summed E-state index contributed by atoms with van der Waals surface area (Å²) in [4.78, 5) is 125. The number of benzene rings is 1. The van der Waals surface area contributed by atoms with Gasteiger partial charge in [0.2, 0.25) is 17.6 Å². The molecule has 0 spiro atoms. The Kier molecular flexibility index (Phi) is 30.5. The maximum absolute atomic E-state index is 14.7. The third-order valence-corrected chi connectivity index (χ3v) is 20.7. The number of Topliss-reactive ketones (excluding diaryl/α,β-unsaturated/α-hetero) is 3. The third kappa shape index (κ3) is 21.1. The molecule has 27 heteroatoms. The number of rotatable bonds is 23. The Labute approximate surface area is 598 Å². The fourth-order valence-corrected chi connectivity index (χ4v) is 14.6. The molecule has 3 saturated heterocycles. The molecule has 5 aliphatic heterocycles. The number of aliphatic hydroxyl groups is 2. The molecule has 6 aliphatic rings. The normalized spacial score (nSPS) is 30.9. The minimum Gasteiger partial charge on any atom is -0.460 e. The Hall–Kier alpha value is -7.05. The minimum atomic E-state index is -2.47. The van der Waals surface area contributed by atoms with Crippen LogP contribution in [-0.2, 0) is 89.3 Å². The lowest BCUT2D eigenvalue weighted by Gasteiger charge is -2.42. The molecule has 0 radical (unpaired) electrons. The number of nitrogens with zero attached hydrogens (tertiary/aromatic N) is 5. The van der Waals surface area contributed by atoms with E-state index in [2.05, 4.69) is 20.9 Å². The highest BCUT2D eigenvalue weighted by atomic mass is 16.6. The van der Waals surface area contributed by atoms with Gasteiger partial charge in [-0.15, -0.1) is 5.10 Å². The van der Waals surface area contributed by atoms with Crippen LogP contribution >= 0.6 is 0 Å². The number of hydrogen-bond acceptors (Lipinski definition) is 23. The molecule has 1 aromatic carbocycles. The highest BCUT2D eigenvalue weighted by Crippen LogP contribution is 2.39. The van der Waals surface area contributed by atoms with Crippen LogP contribution < -0.4 is 10.6 Å². The molecule has 4 N–H and O–H groups in total. The van der Waals surface area contributed by atoms with Crippen molar-refractivity contribution in [3.05, 3.63) is 88.8 Å². The minimum absolute atomic E-state index is 0.0115. The molecule has 2 unspecified atom stereocenters. The molecule has 1 aromatic heterocycles. The number of fused-ring (bicyclic) bond motifs is 4. The number of methoxy groups -OCH3 is 3. The predicted molar refractivity (Wildman–Crippen MR) is 372 cm³/mol. The Morgan fingerprint density at radius 1 is 0.775 bits per heavy atom. The van der Waals surface area contributed by atoms with Crippen LogP contribution in [0.15, 0.2) is 72.0 Å². The number of allylic oxidation sites excluding steroid dienone is 6. The number of carbonyl (C=O) groups is 9. The van der Waals surface area contributed by atoms with Gasteiger partial charge in [-0.05, 0) is 126 Å². The lowest BCUT2D eigenvalue weighted by atomic mass is 9.78. The van der Waals surface area contributed by atoms with Gasteiger partial charge in [0.15, 0.2) is 5.78 Å². The van der Waals surface area contributed by atoms with Crippen molar-refractivity contribution >= 4 is 58.5 Å². The van der Waals surface area contributed by atoms with E-state index >= 15 is 0 Å². The largest absolute Gasteiger partial charge is 0.460 e.